The highest BCUT2D eigenvalue weighted by atomic mass is 16.2. The Morgan fingerprint density at radius 3 is 2.44 bits per heavy atom. The summed E-state index contributed by atoms with van der Waals surface area (Å²) in [4.78, 5) is 29.4. The summed E-state index contributed by atoms with van der Waals surface area (Å²) in [6.07, 6.45) is 6.02. The van der Waals surface area contributed by atoms with Gasteiger partial charge in [-0.15, -0.1) is 0 Å². The van der Waals surface area contributed by atoms with E-state index in [-0.39, 0.29) is 5.91 Å². The summed E-state index contributed by atoms with van der Waals surface area (Å²) in [5.74, 6) is 6.69. The van der Waals surface area contributed by atoms with Crippen molar-refractivity contribution in [3.05, 3.63) is 71.4 Å². The molecule has 32 heavy (non-hydrogen) atoms. The van der Waals surface area contributed by atoms with Gasteiger partial charge in [0.05, 0.1) is 11.3 Å². The van der Waals surface area contributed by atoms with Crippen LogP contribution in [-0.2, 0) is 0 Å². The molecule has 3 rings (SSSR count). The summed E-state index contributed by atoms with van der Waals surface area (Å²) in [5.41, 5.74) is 10.3. The molecule has 0 atom stereocenters. The standard InChI is InChI=1S/C25H28N6O/c1-18-21(9-6-19-7-11-24(26)29-16-19)22(12-13-27-18)20-8-10-23(28-17-20)25(32)31(4)15-5-14-30(2)3/h7-8,10-13,16-17H,5,14-15H2,1-4H3,(H2,26,29). The Hall–Kier alpha value is -3.76. The van der Waals surface area contributed by atoms with Gasteiger partial charge in [0.2, 0.25) is 0 Å². The van der Waals surface area contributed by atoms with Gasteiger partial charge < -0.3 is 15.5 Å². The third kappa shape index (κ3) is 5.90. The topological polar surface area (TPSA) is 88.2 Å². The summed E-state index contributed by atoms with van der Waals surface area (Å²) >= 11 is 0. The molecule has 0 aromatic carbocycles. The zero-order valence-electron chi connectivity index (χ0n) is 19.0. The van der Waals surface area contributed by atoms with E-state index < -0.39 is 0 Å². The average Bonchev–Trinajstić information content (AvgIpc) is 2.78. The van der Waals surface area contributed by atoms with Crippen LogP contribution in [0.4, 0.5) is 5.82 Å². The lowest BCUT2D eigenvalue weighted by molar-refractivity contribution is 0.0785. The van der Waals surface area contributed by atoms with Crippen molar-refractivity contribution in [3.8, 4) is 23.0 Å². The fraction of sp³-hybridized carbons (Fsp3) is 0.280. The van der Waals surface area contributed by atoms with Gasteiger partial charge >= 0.3 is 0 Å². The number of nitrogens with zero attached hydrogens (tertiary/aromatic N) is 5. The molecule has 7 nitrogen and oxygen atoms in total. The van der Waals surface area contributed by atoms with E-state index in [9.17, 15) is 4.79 Å². The maximum atomic E-state index is 12.7. The minimum Gasteiger partial charge on any atom is -0.384 e. The number of rotatable bonds is 6. The number of nitrogens with two attached hydrogens (primary N) is 1. The summed E-state index contributed by atoms with van der Waals surface area (Å²) in [5, 5.41) is 0. The van der Waals surface area contributed by atoms with Gasteiger partial charge in [0.25, 0.3) is 5.91 Å². The highest BCUT2D eigenvalue weighted by molar-refractivity contribution is 5.92. The molecular formula is C25H28N6O. The smallest absolute Gasteiger partial charge is 0.272 e. The van der Waals surface area contributed by atoms with Crippen molar-refractivity contribution in [2.24, 2.45) is 0 Å². The number of nitrogen functional groups attached to an aromatic ring is 1. The van der Waals surface area contributed by atoms with Crippen LogP contribution in [0.25, 0.3) is 11.1 Å². The number of amides is 1. The van der Waals surface area contributed by atoms with Crippen LogP contribution in [0.15, 0.2) is 48.9 Å². The zero-order chi connectivity index (χ0) is 23.1. The van der Waals surface area contributed by atoms with E-state index in [0.717, 1.165) is 40.9 Å². The number of anilines is 1. The van der Waals surface area contributed by atoms with E-state index in [1.807, 2.05) is 39.2 Å². The summed E-state index contributed by atoms with van der Waals surface area (Å²) in [7, 11) is 5.85. The van der Waals surface area contributed by atoms with Crippen molar-refractivity contribution < 1.29 is 4.79 Å². The molecule has 0 radical (unpaired) electrons. The molecule has 3 heterocycles. The summed E-state index contributed by atoms with van der Waals surface area (Å²) in [6, 6.07) is 9.12. The maximum Gasteiger partial charge on any atom is 0.272 e. The summed E-state index contributed by atoms with van der Waals surface area (Å²) < 4.78 is 0. The van der Waals surface area contributed by atoms with Crippen LogP contribution in [0.3, 0.4) is 0 Å². The van der Waals surface area contributed by atoms with Gasteiger partial charge in [-0.05, 0) is 58.3 Å². The molecule has 0 bridgehead atoms. The van der Waals surface area contributed by atoms with Crippen molar-refractivity contribution in [2.45, 2.75) is 13.3 Å². The number of aryl methyl sites for hydroxylation is 1. The van der Waals surface area contributed by atoms with Crippen molar-refractivity contribution >= 4 is 11.7 Å². The Labute approximate surface area is 189 Å². The normalized spacial score (nSPS) is 10.5. The van der Waals surface area contributed by atoms with Gasteiger partial charge in [-0.25, -0.2) is 4.98 Å². The number of hydrogen-bond acceptors (Lipinski definition) is 6. The molecule has 0 aliphatic carbocycles. The predicted molar refractivity (Wildman–Crippen MR) is 127 cm³/mol. The first-order valence-corrected chi connectivity index (χ1v) is 10.4. The predicted octanol–water partition coefficient (Wildman–Crippen LogP) is 2.85. The molecule has 0 fully saturated rings. The second-order valence-corrected chi connectivity index (χ2v) is 7.86. The number of hydrogen-bond donors (Lipinski definition) is 1. The SMILES string of the molecule is Cc1nccc(-c2ccc(C(=O)N(C)CCCN(C)C)nc2)c1C#Cc1ccc(N)nc1. The highest BCUT2D eigenvalue weighted by Gasteiger charge is 2.14. The third-order valence-corrected chi connectivity index (χ3v) is 5.00. The highest BCUT2D eigenvalue weighted by Crippen LogP contribution is 2.24. The maximum absolute atomic E-state index is 12.7. The molecular weight excluding hydrogens is 400 g/mol. The van der Waals surface area contributed by atoms with Gasteiger partial charge in [-0.1, -0.05) is 17.9 Å². The van der Waals surface area contributed by atoms with E-state index >= 15 is 0 Å². The van der Waals surface area contributed by atoms with Gasteiger partial charge in [0.1, 0.15) is 11.5 Å². The molecule has 0 saturated carbocycles. The van der Waals surface area contributed by atoms with Crippen LogP contribution < -0.4 is 5.73 Å². The van der Waals surface area contributed by atoms with Gasteiger partial charge in [0.15, 0.2) is 0 Å². The van der Waals surface area contributed by atoms with E-state index in [0.29, 0.717) is 18.1 Å². The largest absolute Gasteiger partial charge is 0.384 e. The van der Waals surface area contributed by atoms with Crippen LogP contribution in [-0.4, -0.2) is 64.9 Å². The minimum absolute atomic E-state index is 0.0860. The molecule has 0 aliphatic heterocycles. The Bertz CT molecular complexity index is 1130. The third-order valence-electron chi connectivity index (χ3n) is 5.00. The van der Waals surface area contributed by atoms with Crippen LogP contribution >= 0.6 is 0 Å². The zero-order valence-corrected chi connectivity index (χ0v) is 19.0. The number of pyridine rings is 3. The number of carbonyl (C=O) groups is 1. The van der Waals surface area contributed by atoms with Crippen molar-refractivity contribution in [1.82, 2.24) is 24.8 Å². The number of carbonyl (C=O) groups excluding carboxylic acids is 1. The Kier molecular flexibility index (Phi) is 7.53. The molecule has 2 N–H and O–H groups in total. The van der Waals surface area contributed by atoms with Gasteiger partial charge in [0, 0.05) is 48.9 Å². The van der Waals surface area contributed by atoms with Crippen molar-refractivity contribution in [1.29, 1.82) is 0 Å². The average molecular weight is 429 g/mol. The molecule has 0 spiro atoms. The fourth-order valence-corrected chi connectivity index (χ4v) is 3.18. The van der Waals surface area contributed by atoms with Crippen LogP contribution in [0.2, 0.25) is 0 Å². The monoisotopic (exact) mass is 428 g/mol. The second-order valence-electron chi connectivity index (χ2n) is 7.86. The van der Waals surface area contributed by atoms with Crippen LogP contribution in [0.5, 0.6) is 0 Å². The molecule has 7 heteroatoms. The molecule has 0 aliphatic rings. The Morgan fingerprint density at radius 2 is 1.78 bits per heavy atom. The Balaban J connectivity index is 1.81. The quantitative estimate of drug-likeness (QED) is 0.608. The van der Waals surface area contributed by atoms with Crippen molar-refractivity contribution in [3.63, 3.8) is 0 Å². The van der Waals surface area contributed by atoms with Crippen LogP contribution in [0, 0.1) is 18.8 Å². The Morgan fingerprint density at radius 1 is 0.969 bits per heavy atom. The molecule has 1 amide bonds. The molecule has 0 unspecified atom stereocenters. The van der Waals surface area contributed by atoms with Crippen LogP contribution in [0.1, 0.15) is 33.7 Å². The van der Waals surface area contributed by atoms with E-state index in [2.05, 4.69) is 31.7 Å². The first kappa shape index (κ1) is 22.9. The molecule has 3 aromatic heterocycles. The molecule has 164 valence electrons. The minimum atomic E-state index is -0.0860. The van der Waals surface area contributed by atoms with Crippen molar-refractivity contribution in [2.75, 3.05) is 40.0 Å². The van der Waals surface area contributed by atoms with E-state index in [1.54, 1.807) is 42.7 Å². The second kappa shape index (κ2) is 10.5. The first-order valence-electron chi connectivity index (χ1n) is 10.4. The van der Waals surface area contributed by atoms with E-state index in [4.69, 9.17) is 5.73 Å². The van der Waals surface area contributed by atoms with E-state index in [1.165, 1.54) is 0 Å². The molecule has 3 aromatic rings. The lowest BCUT2D eigenvalue weighted by Crippen LogP contribution is -2.30. The molecule has 0 saturated heterocycles. The lowest BCUT2D eigenvalue weighted by Gasteiger charge is -2.18. The van der Waals surface area contributed by atoms with Gasteiger partial charge in [-0.2, -0.15) is 0 Å². The summed E-state index contributed by atoms with van der Waals surface area (Å²) in [6.45, 7) is 3.54. The fourth-order valence-electron chi connectivity index (χ4n) is 3.18. The number of aromatic nitrogens is 3. The lowest BCUT2D eigenvalue weighted by atomic mass is 10.0. The van der Waals surface area contributed by atoms with Gasteiger partial charge in [-0.3, -0.25) is 14.8 Å². The first-order chi connectivity index (χ1) is 15.3.